The topological polar surface area (TPSA) is 42.3 Å². The SMILES string of the molecule is Cn1cccc1C(=O)CN1C(=O)CCc2ccc(F)cc21. The summed E-state index contributed by atoms with van der Waals surface area (Å²) >= 11 is 0. The van der Waals surface area contributed by atoms with Crippen LogP contribution in [-0.2, 0) is 18.3 Å². The second kappa shape index (κ2) is 5.16. The van der Waals surface area contributed by atoms with Crippen molar-refractivity contribution in [2.45, 2.75) is 12.8 Å². The van der Waals surface area contributed by atoms with Gasteiger partial charge in [-0.05, 0) is 36.2 Å². The van der Waals surface area contributed by atoms with E-state index in [1.165, 1.54) is 17.0 Å². The molecule has 1 aliphatic rings. The molecular formula is C16H15FN2O2. The molecule has 3 rings (SSSR count). The molecule has 2 aromatic rings. The largest absolute Gasteiger partial charge is 0.348 e. The Hall–Kier alpha value is -2.43. The summed E-state index contributed by atoms with van der Waals surface area (Å²) in [5, 5.41) is 0. The molecule has 2 heterocycles. The van der Waals surface area contributed by atoms with Gasteiger partial charge in [-0.15, -0.1) is 0 Å². The Balaban J connectivity index is 1.92. The number of fused-ring (bicyclic) bond motifs is 1. The molecular weight excluding hydrogens is 271 g/mol. The third-order valence-corrected chi connectivity index (χ3v) is 3.78. The van der Waals surface area contributed by atoms with Crippen LogP contribution in [-0.4, -0.2) is 22.8 Å². The number of Topliss-reactive ketones (excluding diaryl/α,β-unsaturated/α-hetero) is 1. The molecule has 1 aromatic carbocycles. The quantitative estimate of drug-likeness (QED) is 0.813. The summed E-state index contributed by atoms with van der Waals surface area (Å²) in [7, 11) is 1.78. The van der Waals surface area contributed by atoms with Gasteiger partial charge in [0.2, 0.25) is 5.91 Å². The summed E-state index contributed by atoms with van der Waals surface area (Å²) in [6.07, 6.45) is 2.71. The van der Waals surface area contributed by atoms with Gasteiger partial charge in [-0.1, -0.05) is 6.07 Å². The minimum atomic E-state index is -0.403. The van der Waals surface area contributed by atoms with Gasteiger partial charge in [0, 0.05) is 19.7 Å². The molecule has 1 amide bonds. The molecule has 0 bridgehead atoms. The maximum Gasteiger partial charge on any atom is 0.227 e. The van der Waals surface area contributed by atoms with Crippen molar-refractivity contribution in [2.75, 3.05) is 11.4 Å². The van der Waals surface area contributed by atoms with E-state index in [0.717, 1.165) is 5.56 Å². The number of aromatic nitrogens is 1. The van der Waals surface area contributed by atoms with Crippen LogP contribution in [0.25, 0.3) is 0 Å². The summed E-state index contributed by atoms with van der Waals surface area (Å²) in [6.45, 7) is -0.0624. The van der Waals surface area contributed by atoms with Crippen LogP contribution in [0.1, 0.15) is 22.5 Å². The molecule has 4 nitrogen and oxygen atoms in total. The average molecular weight is 286 g/mol. The maximum absolute atomic E-state index is 13.4. The number of halogens is 1. The number of benzene rings is 1. The Morgan fingerprint density at radius 3 is 2.81 bits per heavy atom. The summed E-state index contributed by atoms with van der Waals surface area (Å²) in [6, 6.07) is 7.87. The predicted octanol–water partition coefficient (Wildman–Crippen LogP) is 2.33. The van der Waals surface area contributed by atoms with Gasteiger partial charge in [-0.3, -0.25) is 9.59 Å². The highest BCUT2D eigenvalue weighted by molar-refractivity contribution is 6.06. The van der Waals surface area contributed by atoms with E-state index < -0.39 is 5.82 Å². The normalized spacial score (nSPS) is 14.2. The molecule has 0 unspecified atom stereocenters. The van der Waals surface area contributed by atoms with Crippen molar-refractivity contribution in [1.82, 2.24) is 4.57 Å². The van der Waals surface area contributed by atoms with E-state index in [1.54, 1.807) is 36.0 Å². The molecule has 0 saturated heterocycles. The number of hydrogen-bond donors (Lipinski definition) is 0. The smallest absolute Gasteiger partial charge is 0.227 e. The van der Waals surface area contributed by atoms with E-state index >= 15 is 0 Å². The first kappa shape index (κ1) is 13.5. The second-order valence-corrected chi connectivity index (χ2v) is 5.18. The first-order valence-corrected chi connectivity index (χ1v) is 6.79. The summed E-state index contributed by atoms with van der Waals surface area (Å²) < 4.78 is 15.2. The van der Waals surface area contributed by atoms with Crippen LogP contribution in [0.2, 0.25) is 0 Å². The van der Waals surface area contributed by atoms with Crippen LogP contribution in [0, 0.1) is 5.82 Å². The van der Waals surface area contributed by atoms with E-state index in [-0.39, 0.29) is 18.2 Å². The molecule has 0 radical (unpaired) electrons. The Morgan fingerprint density at radius 1 is 1.29 bits per heavy atom. The summed E-state index contributed by atoms with van der Waals surface area (Å²) in [5.41, 5.74) is 1.94. The number of rotatable bonds is 3. The third-order valence-electron chi connectivity index (χ3n) is 3.78. The summed E-state index contributed by atoms with van der Waals surface area (Å²) in [4.78, 5) is 25.8. The molecule has 5 heteroatoms. The van der Waals surface area contributed by atoms with Gasteiger partial charge >= 0.3 is 0 Å². The van der Waals surface area contributed by atoms with Crippen molar-refractivity contribution in [3.63, 3.8) is 0 Å². The van der Waals surface area contributed by atoms with E-state index in [0.29, 0.717) is 24.2 Å². The highest BCUT2D eigenvalue weighted by atomic mass is 19.1. The second-order valence-electron chi connectivity index (χ2n) is 5.18. The third kappa shape index (κ3) is 2.46. The fourth-order valence-corrected chi connectivity index (χ4v) is 2.66. The molecule has 0 atom stereocenters. The fraction of sp³-hybridized carbons (Fsp3) is 0.250. The van der Waals surface area contributed by atoms with E-state index in [2.05, 4.69) is 0 Å². The average Bonchev–Trinajstić information content (AvgIpc) is 2.88. The van der Waals surface area contributed by atoms with Crippen LogP contribution < -0.4 is 4.90 Å². The number of ketones is 1. The van der Waals surface area contributed by atoms with Crippen molar-refractivity contribution in [2.24, 2.45) is 7.05 Å². The number of hydrogen-bond acceptors (Lipinski definition) is 2. The van der Waals surface area contributed by atoms with E-state index in [9.17, 15) is 14.0 Å². The number of anilines is 1. The minimum Gasteiger partial charge on any atom is -0.348 e. The molecule has 0 spiro atoms. The van der Waals surface area contributed by atoms with Crippen LogP contribution in [0.15, 0.2) is 36.5 Å². The molecule has 0 aliphatic carbocycles. The van der Waals surface area contributed by atoms with Crippen molar-refractivity contribution < 1.29 is 14.0 Å². The Morgan fingerprint density at radius 2 is 2.10 bits per heavy atom. The van der Waals surface area contributed by atoms with E-state index in [1.807, 2.05) is 0 Å². The van der Waals surface area contributed by atoms with Gasteiger partial charge in [-0.25, -0.2) is 4.39 Å². The number of carbonyl (C=O) groups excluding carboxylic acids is 2. The lowest BCUT2D eigenvalue weighted by Crippen LogP contribution is -2.39. The van der Waals surface area contributed by atoms with Crippen LogP contribution in [0.5, 0.6) is 0 Å². The molecule has 0 saturated carbocycles. The van der Waals surface area contributed by atoms with Crippen LogP contribution in [0.3, 0.4) is 0 Å². The van der Waals surface area contributed by atoms with Crippen molar-refractivity contribution >= 4 is 17.4 Å². The van der Waals surface area contributed by atoms with Crippen molar-refractivity contribution in [1.29, 1.82) is 0 Å². The highest BCUT2D eigenvalue weighted by Gasteiger charge is 2.27. The van der Waals surface area contributed by atoms with Crippen molar-refractivity contribution in [3.05, 3.63) is 53.6 Å². The number of nitrogens with zero attached hydrogens (tertiary/aromatic N) is 2. The zero-order chi connectivity index (χ0) is 15.0. The lowest BCUT2D eigenvalue weighted by atomic mass is 10.0. The molecule has 108 valence electrons. The van der Waals surface area contributed by atoms with Gasteiger partial charge in [0.05, 0.1) is 17.9 Å². The monoisotopic (exact) mass is 286 g/mol. The fourth-order valence-electron chi connectivity index (χ4n) is 2.66. The molecule has 0 fully saturated rings. The minimum absolute atomic E-state index is 0.0624. The van der Waals surface area contributed by atoms with Gasteiger partial charge in [0.25, 0.3) is 0 Å². The number of carbonyl (C=O) groups is 2. The molecule has 1 aliphatic heterocycles. The zero-order valence-electron chi connectivity index (χ0n) is 11.7. The zero-order valence-corrected chi connectivity index (χ0v) is 11.7. The summed E-state index contributed by atoms with van der Waals surface area (Å²) in [5.74, 6) is -0.705. The maximum atomic E-state index is 13.4. The molecule has 0 N–H and O–H groups in total. The van der Waals surface area contributed by atoms with E-state index in [4.69, 9.17) is 0 Å². The lowest BCUT2D eigenvalue weighted by Gasteiger charge is -2.28. The van der Waals surface area contributed by atoms with Crippen molar-refractivity contribution in [3.8, 4) is 0 Å². The van der Waals surface area contributed by atoms with Gasteiger partial charge in [-0.2, -0.15) is 0 Å². The van der Waals surface area contributed by atoms with Gasteiger partial charge in [0.15, 0.2) is 5.78 Å². The first-order valence-electron chi connectivity index (χ1n) is 6.79. The highest BCUT2D eigenvalue weighted by Crippen LogP contribution is 2.28. The Labute approximate surface area is 121 Å². The lowest BCUT2D eigenvalue weighted by molar-refractivity contribution is -0.118. The molecule has 1 aromatic heterocycles. The van der Waals surface area contributed by atoms with Crippen LogP contribution in [0.4, 0.5) is 10.1 Å². The van der Waals surface area contributed by atoms with Gasteiger partial charge in [0.1, 0.15) is 5.82 Å². The number of amides is 1. The molecule has 21 heavy (non-hydrogen) atoms. The first-order chi connectivity index (χ1) is 10.1. The van der Waals surface area contributed by atoms with Gasteiger partial charge < -0.3 is 9.47 Å². The Bertz CT molecular complexity index is 721. The Kier molecular flexibility index (Phi) is 3.33. The number of aryl methyl sites for hydroxylation is 2. The predicted molar refractivity (Wildman–Crippen MR) is 76.8 cm³/mol. The van der Waals surface area contributed by atoms with Crippen LogP contribution >= 0.6 is 0 Å². The standard InChI is InChI=1S/C16H15FN2O2/c1-18-8-2-3-13(18)15(20)10-19-14-9-12(17)6-4-11(14)5-7-16(19)21/h2-4,6,8-9H,5,7,10H2,1H3.